The number of ether oxygens (including phenoxy) is 1. The molecule has 1 N–H and O–H groups in total. The average molecular weight is 266 g/mol. The lowest BCUT2D eigenvalue weighted by atomic mass is 10.1. The second-order valence-corrected chi connectivity index (χ2v) is 4.19. The van der Waals surface area contributed by atoms with E-state index in [0.29, 0.717) is 32.7 Å². The summed E-state index contributed by atoms with van der Waals surface area (Å²) < 4.78 is 5.29. The van der Waals surface area contributed by atoms with Gasteiger partial charge in [-0.1, -0.05) is 6.07 Å². The van der Waals surface area contributed by atoms with Crippen LogP contribution in [0.15, 0.2) is 18.2 Å². The Labute approximate surface area is 109 Å². The highest BCUT2D eigenvalue weighted by molar-refractivity contribution is 5.97. The third-order valence-corrected chi connectivity index (χ3v) is 2.98. The van der Waals surface area contributed by atoms with E-state index in [1.165, 1.54) is 18.2 Å². The van der Waals surface area contributed by atoms with Gasteiger partial charge in [-0.3, -0.25) is 10.1 Å². The summed E-state index contributed by atoms with van der Waals surface area (Å²) in [7, 11) is 0. The summed E-state index contributed by atoms with van der Waals surface area (Å²) >= 11 is 0. The van der Waals surface area contributed by atoms with Crippen molar-refractivity contribution in [3.8, 4) is 0 Å². The van der Waals surface area contributed by atoms with E-state index in [2.05, 4.69) is 0 Å². The molecule has 1 saturated heterocycles. The lowest BCUT2D eigenvalue weighted by Gasteiger charge is -2.23. The molecule has 0 amide bonds. The standard InChI is InChI=1S/C12H14N2O5/c15-12(16)9-3-1-4-10(14(17)18)11(9)13-5-2-7-19-8-6-13/h1,3-4H,2,5-8H2,(H,15,16). The molecular formula is C12H14N2O5. The van der Waals surface area contributed by atoms with E-state index in [9.17, 15) is 20.0 Å². The first-order valence-electron chi connectivity index (χ1n) is 5.94. The van der Waals surface area contributed by atoms with Crippen molar-refractivity contribution < 1.29 is 19.6 Å². The predicted octanol–water partition coefficient (Wildman–Crippen LogP) is 1.52. The Kier molecular flexibility index (Phi) is 3.96. The van der Waals surface area contributed by atoms with Crippen LogP contribution < -0.4 is 4.90 Å². The number of anilines is 1. The molecule has 1 aliphatic heterocycles. The van der Waals surface area contributed by atoms with Gasteiger partial charge in [0.25, 0.3) is 5.69 Å². The molecule has 1 aromatic carbocycles. The van der Waals surface area contributed by atoms with Gasteiger partial charge in [0.15, 0.2) is 0 Å². The number of hydrogen-bond donors (Lipinski definition) is 1. The first-order chi connectivity index (χ1) is 9.11. The Balaban J connectivity index is 2.50. The zero-order chi connectivity index (χ0) is 13.8. The Morgan fingerprint density at radius 2 is 2.16 bits per heavy atom. The van der Waals surface area contributed by atoms with Crippen LogP contribution in [0.3, 0.4) is 0 Å². The van der Waals surface area contributed by atoms with Crippen molar-refractivity contribution >= 4 is 17.3 Å². The molecule has 7 nitrogen and oxygen atoms in total. The van der Waals surface area contributed by atoms with Gasteiger partial charge in [-0.2, -0.15) is 0 Å². The molecule has 0 aliphatic carbocycles. The highest BCUT2D eigenvalue weighted by Crippen LogP contribution is 2.32. The van der Waals surface area contributed by atoms with Crippen molar-refractivity contribution in [3.05, 3.63) is 33.9 Å². The number of nitro groups is 1. The highest BCUT2D eigenvalue weighted by atomic mass is 16.6. The SMILES string of the molecule is O=C(O)c1cccc([N+](=O)[O-])c1N1CCCOCC1. The minimum Gasteiger partial charge on any atom is -0.478 e. The van der Waals surface area contributed by atoms with E-state index in [1.54, 1.807) is 4.90 Å². The van der Waals surface area contributed by atoms with Gasteiger partial charge >= 0.3 is 5.97 Å². The number of rotatable bonds is 3. The molecule has 0 saturated carbocycles. The summed E-state index contributed by atoms with van der Waals surface area (Å²) in [6.07, 6.45) is 0.713. The van der Waals surface area contributed by atoms with Crippen molar-refractivity contribution in [2.24, 2.45) is 0 Å². The molecule has 0 atom stereocenters. The fraction of sp³-hybridized carbons (Fsp3) is 0.417. The maximum absolute atomic E-state index is 11.2. The molecule has 0 radical (unpaired) electrons. The van der Waals surface area contributed by atoms with Crippen LogP contribution in [0.1, 0.15) is 16.8 Å². The van der Waals surface area contributed by atoms with Crippen LogP contribution in [-0.2, 0) is 4.74 Å². The van der Waals surface area contributed by atoms with E-state index in [1.807, 2.05) is 0 Å². The number of carbonyl (C=O) groups is 1. The highest BCUT2D eigenvalue weighted by Gasteiger charge is 2.26. The largest absolute Gasteiger partial charge is 0.478 e. The first-order valence-corrected chi connectivity index (χ1v) is 5.94. The molecule has 0 spiro atoms. The summed E-state index contributed by atoms with van der Waals surface area (Å²) in [5.41, 5.74) is -0.0524. The molecule has 19 heavy (non-hydrogen) atoms. The summed E-state index contributed by atoms with van der Waals surface area (Å²) in [6.45, 7) is 2.01. The fourth-order valence-electron chi connectivity index (χ4n) is 2.15. The predicted molar refractivity (Wildman–Crippen MR) is 67.7 cm³/mol. The Bertz CT molecular complexity index is 463. The monoisotopic (exact) mass is 266 g/mol. The lowest BCUT2D eigenvalue weighted by Crippen LogP contribution is -2.28. The zero-order valence-electron chi connectivity index (χ0n) is 10.2. The summed E-state index contributed by atoms with van der Waals surface area (Å²) in [6, 6.07) is 4.10. The Morgan fingerprint density at radius 3 is 2.84 bits per heavy atom. The van der Waals surface area contributed by atoms with Crippen LogP contribution >= 0.6 is 0 Å². The topological polar surface area (TPSA) is 92.9 Å². The van der Waals surface area contributed by atoms with Gasteiger partial charge in [0.05, 0.1) is 17.1 Å². The molecule has 7 heteroatoms. The number of carboxylic acid groups (broad SMARTS) is 1. The van der Waals surface area contributed by atoms with Crippen LogP contribution in [0.2, 0.25) is 0 Å². The molecule has 1 fully saturated rings. The van der Waals surface area contributed by atoms with Gasteiger partial charge < -0.3 is 14.7 Å². The number of para-hydroxylation sites is 1. The van der Waals surface area contributed by atoms with Gasteiger partial charge in [0, 0.05) is 25.8 Å². The maximum atomic E-state index is 11.2. The van der Waals surface area contributed by atoms with Gasteiger partial charge in [0.1, 0.15) is 5.69 Å². The average Bonchev–Trinajstić information content (AvgIpc) is 2.66. The van der Waals surface area contributed by atoms with Crippen molar-refractivity contribution in [3.63, 3.8) is 0 Å². The Morgan fingerprint density at radius 1 is 1.37 bits per heavy atom. The second-order valence-electron chi connectivity index (χ2n) is 4.19. The molecule has 0 unspecified atom stereocenters. The van der Waals surface area contributed by atoms with E-state index in [-0.39, 0.29) is 16.9 Å². The summed E-state index contributed by atoms with van der Waals surface area (Å²) in [5, 5.41) is 20.3. The van der Waals surface area contributed by atoms with Crippen molar-refractivity contribution in [1.29, 1.82) is 0 Å². The zero-order valence-corrected chi connectivity index (χ0v) is 10.2. The minimum absolute atomic E-state index is 0.0453. The van der Waals surface area contributed by atoms with E-state index < -0.39 is 10.9 Å². The third kappa shape index (κ3) is 2.82. The normalized spacial score (nSPS) is 15.9. The number of hydrogen-bond acceptors (Lipinski definition) is 5. The molecule has 2 rings (SSSR count). The van der Waals surface area contributed by atoms with Gasteiger partial charge in [-0.05, 0) is 12.5 Å². The van der Waals surface area contributed by atoms with Crippen LogP contribution in [0.25, 0.3) is 0 Å². The molecule has 1 heterocycles. The second kappa shape index (κ2) is 5.66. The van der Waals surface area contributed by atoms with Crippen LogP contribution in [0, 0.1) is 10.1 Å². The van der Waals surface area contributed by atoms with Crippen LogP contribution in [0.4, 0.5) is 11.4 Å². The molecule has 1 aromatic rings. The van der Waals surface area contributed by atoms with Crippen molar-refractivity contribution in [1.82, 2.24) is 0 Å². The number of carboxylic acids is 1. The van der Waals surface area contributed by atoms with Crippen molar-refractivity contribution in [2.75, 3.05) is 31.2 Å². The van der Waals surface area contributed by atoms with Gasteiger partial charge in [0.2, 0.25) is 0 Å². The van der Waals surface area contributed by atoms with Crippen LogP contribution in [0.5, 0.6) is 0 Å². The molecule has 1 aliphatic rings. The number of nitro benzene ring substituents is 1. The summed E-state index contributed by atoms with van der Waals surface area (Å²) in [4.78, 5) is 23.5. The maximum Gasteiger partial charge on any atom is 0.338 e. The first kappa shape index (κ1) is 13.3. The van der Waals surface area contributed by atoms with E-state index >= 15 is 0 Å². The molecule has 0 bridgehead atoms. The molecular weight excluding hydrogens is 252 g/mol. The Hall–Kier alpha value is -2.15. The number of nitrogens with zero attached hydrogens (tertiary/aromatic N) is 2. The molecule has 102 valence electrons. The third-order valence-electron chi connectivity index (χ3n) is 2.98. The van der Waals surface area contributed by atoms with Gasteiger partial charge in [-0.25, -0.2) is 4.79 Å². The van der Waals surface area contributed by atoms with Crippen molar-refractivity contribution in [2.45, 2.75) is 6.42 Å². The van der Waals surface area contributed by atoms with E-state index in [0.717, 1.165) is 0 Å². The summed E-state index contributed by atoms with van der Waals surface area (Å²) in [5.74, 6) is -1.16. The minimum atomic E-state index is -1.16. The molecule has 0 aromatic heterocycles. The number of aromatic carboxylic acids is 1. The van der Waals surface area contributed by atoms with E-state index in [4.69, 9.17) is 4.74 Å². The number of benzene rings is 1. The lowest BCUT2D eigenvalue weighted by molar-refractivity contribution is -0.384. The van der Waals surface area contributed by atoms with Gasteiger partial charge in [-0.15, -0.1) is 0 Å². The van der Waals surface area contributed by atoms with Crippen LogP contribution in [-0.4, -0.2) is 42.3 Å². The fourth-order valence-corrected chi connectivity index (χ4v) is 2.15. The quantitative estimate of drug-likeness (QED) is 0.658. The smallest absolute Gasteiger partial charge is 0.338 e.